The third kappa shape index (κ3) is 4.32. The predicted octanol–water partition coefficient (Wildman–Crippen LogP) is 1.60. The van der Waals surface area contributed by atoms with Crippen LogP contribution in [-0.4, -0.2) is 25.2 Å². The quantitative estimate of drug-likeness (QED) is 0.830. The topological polar surface area (TPSA) is 64.4 Å². The molecule has 0 aromatic heterocycles. The van der Waals surface area contributed by atoms with Gasteiger partial charge in [0.05, 0.1) is 31.2 Å². The molecule has 1 fully saturated rings. The number of nitrogens with two attached hydrogens (primary N) is 1. The minimum absolute atomic E-state index is 0.0232. The van der Waals surface area contributed by atoms with Gasteiger partial charge in [-0.3, -0.25) is 4.79 Å². The highest BCUT2D eigenvalue weighted by Crippen LogP contribution is 2.21. The molecular formula is C17H22N2O2. The zero-order valence-corrected chi connectivity index (χ0v) is 12.6. The standard InChI is InChI=1S/C17H22N2O2/c1-12-10-16(11-21-12)17(20)19-13(2)15-7-5-14(6-8-15)4-3-9-18/h5-8,12-13,16H,9-11,18H2,1-2H3,(H,19,20). The van der Waals surface area contributed by atoms with Gasteiger partial charge in [0, 0.05) is 5.56 Å². The molecule has 1 aromatic carbocycles. The SMILES string of the molecule is CC1CC(C(=O)NC(C)c2ccc(C#CCN)cc2)CO1. The number of ether oxygens (including phenoxy) is 1. The van der Waals surface area contributed by atoms with Crippen molar-refractivity contribution in [3.05, 3.63) is 35.4 Å². The maximum absolute atomic E-state index is 12.2. The van der Waals surface area contributed by atoms with Crippen LogP contribution in [0, 0.1) is 17.8 Å². The Morgan fingerprint density at radius 3 is 2.76 bits per heavy atom. The van der Waals surface area contributed by atoms with Crippen LogP contribution in [0.15, 0.2) is 24.3 Å². The van der Waals surface area contributed by atoms with Gasteiger partial charge in [0.25, 0.3) is 0 Å². The molecule has 2 rings (SSSR count). The van der Waals surface area contributed by atoms with Gasteiger partial charge in [-0.2, -0.15) is 0 Å². The molecule has 112 valence electrons. The third-order valence-corrected chi connectivity index (χ3v) is 3.67. The van der Waals surface area contributed by atoms with Gasteiger partial charge in [0.15, 0.2) is 0 Å². The summed E-state index contributed by atoms with van der Waals surface area (Å²) in [4.78, 5) is 12.2. The molecule has 3 unspecified atom stereocenters. The maximum atomic E-state index is 12.2. The van der Waals surface area contributed by atoms with Crippen molar-refractivity contribution in [2.45, 2.75) is 32.4 Å². The van der Waals surface area contributed by atoms with E-state index in [9.17, 15) is 4.79 Å². The number of carbonyl (C=O) groups is 1. The lowest BCUT2D eigenvalue weighted by atomic mass is 10.0. The summed E-state index contributed by atoms with van der Waals surface area (Å²) in [5.74, 6) is 5.84. The summed E-state index contributed by atoms with van der Waals surface area (Å²) in [6.45, 7) is 4.86. The third-order valence-electron chi connectivity index (χ3n) is 3.67. The molecule has 0 radical (unpaired) electrons. The highest BCUT2D eigenvalue weighted by molar-refractivity contribution is 5.79. The minimum Gasteiger partial charge on any atom is -0.378 e. The molecular weight excluding hydrogens is 264 g/mol. The van der Waals surface area contributed by atoms with Gasteiger partial charge in [-0.15, -0.1) is 0 Å². The van der Waals surface area contributed by atoms with E-state index in [0.717, 1.165) is 17.5 Å². The van der Waals surface area contributed by atoms with Crippen LogP contribution in [0.25, 0.3) is 0 Å². The first kappa shape index (κ1) is 15.6. The Kier molecular flexibility index (Phi) is 5.38. The Labute approximate surface area is 126 Å². The Balaban J connectivity index is 1.93. The minimum atomic E-state index is -0.0304. The zero-order chi connectivity index (χ0) is 15.2. The van der Waals surface area contributed by atoms with Crippen LogP contribution < -0.4 is 11.1 Å². The second-order valence-corrected chi connectivity index (χ2v) is 5.43. The molecule has 1 heterocycles. The fourth-order valence-electron chi connectivity index (χ4n) is 2.42. The van der Waals surface area contributed by atoms with E-state index in [-0.39, 0.29) is 24.0 Å². The maximum Gasteiger partial charge on any atom is 0.226 e. The number of rotatable bonds is 3. The highest BCUT2D eigenvalue weighted by atomic mass is 16.5. The van der Waals surface area contributed by atoms with Gasteiger partial charge in [0.1, 0.15) is 0 Å². The van der Waals surface area contributed by atoms with Gasteiger partial charge in [-0.25, -0.2) is 0 Å². The molecule has 0 aliphatic carbocycles. The number of hydrogen-bond acceptors (Lipinski definition) is 3. The monoisotopic (exact) mass is 286 g/mol. The highest BCUT2D eigenvalue weighted by Gasteiger charge is 2.28. The molecule has 1 aliphatic heterocycles. The van der Waals surface area contributed by atoms with Gasteiger partial charge in [-0.05, 0) is 38.0 Å². The molecule has 0 saturated carbocycles. The summed E-state index contributed by atoms with van der Waals surface area (Å²) in [7, 11) is 0. The molecule has 4 heteroatoms. The van der Waals surface area contributed by atoms with Crippen LogP contribution in [0.4, 0.5) is 0 Å². The van der Waals surface area contributed by atoms with E-state index in [2.05, 4.69) is 17.2 Å². The number of nitrogens with one attached hydrogen (secondary N) is 1. The molecule has 1 aliphatic rings. The number of carbonyl (C=O) groups excluding carboxylic acids is 1. The van der Waals surface area contributed by atoms with Crippen molar-refractivity contribution in [1.29, 1.82) is 0 Å². The van der Waals surface area contributed by atoms with Crippen molar-refractivity contribution in [1.82, 2.24) is 5.32 Å². The van der Waals surface area contributed by atoms with Crippen LogP contribution in [0.2, 0.25) is 0 Å². The van der Waals surface area contributed by atoms with E-state index in [1.807, 2.05) is 38.1 Å². The van der Waals surface area contributed by atoms with Gasteiger partial charge >= 0.3 is 0 Å². The normalized spacial score (nSPS) is 22.2. The lowest BCUT2D eigenvalue weighted by Crippen LogP contribution is -2.33. The zero-order valence-electron chi connectivity index (χ0n) is 12.6. The Morgan fingerprint density at radius 2 is 2.19 bits per heavy atom. The molecule has 3 atom stereocenters. The van der Waals surface area contributed by atoms with Crippen molar-refractivity contribution in [2.24, 2.45) is 11.7 Å². The fourth-order valence-corrected chi connectivity index (χ4v) is 2.42. The van der Waals surface area contributed by atoms with E-state index in [4.69, 9.17) is 10.5 Å². The van der Waals surface area contributed by atoms with E-state index in [1.165, 1.54) is 0 Å². The lowest BCUT2D eigenvalue weighted by Gasteiger charge is -2.17. The molecule has 1 amide bonds. The van der Waals surface area contributed by atoms with Crippen molar-refractivity contribution < 1.29 is 9.53 Å². The second kappa shape index (κ2) is 7.26. The van der Waals surface area contributed by atoms with Crippen LogP contribution in [0.5, 0.6) is 0 Å². The summed E-state index contributed by atoms with van der Waals surface area (Å²) in [6.07, 6.45) is 0.975. The molecule has 3 N–H and O–H groups in total. The van der Waals surface area contributed by atoms with E-state index in [1.54, 1.807) is 0 Å². The smallest absolute Gasteiger partial charge is 0.226 e. The Morgan fingerprint density at radius 1 is 1.48 bits per heavy atom. The van der Waals surface area contributed by atoms with Crippen molar-refractivity contribution in [2.75, 3.05) is 13.2 Å². The van der Waals surface area contributed by atoms with Crippen LogP contribution in [-0.2, 0) is 9.53 Å². The van der Waals surface area contributed by atoms with E-state index in [0.29, 0.717) is 13.2 Å². The average molecular weight is 286 g/mol. The van der Waals surface area contributed by atoms with Crippen molar-refractivity contribution >= 4 is 5.91 Å². The van der Waals surface area contributed by atoms with Crippen LogP contribution in [0.3, 0.4) is 0 Å². The predicted molar refractivity (Wildman–Crippen MR) is 82.5 cm³/mol. The number of hydrogen-bond donors (Lipinski definition) is 2. The molecule has 0 bridgehead atoms. The second-order valence-electron chi connectivity index (χ2n) is 5.43. The number of amides is 1. The van der Waals surface area contributed by atoms with Gasteiger partial charge in [-0.1, -0.05) is 24.0 Å². The average Bonchev–Trinajstić information content (AvgIpc) is 2.92. The molecule has 21 heavy (non-hydrogen) atoms. The van der Waals surface area contributed by atoms with Crippen molar-refractivity contribution in [3.63, 3.8) is 0 Å². The first-order valence-electron chi connectivity index (χ1n) is 7.31. The number of benzene rings is 1. The summed E-state index contributed by atoms with van der Waals surface area (Å²) in [6, 6.07) is 7.84. The summed E-state index contributed by atoms with van der Waals surface area (Å²) < 4.78 is 5.44. The Bertz CT molecular complexity index is 542. The fraction of sp³-hybridized carbons (Fsp3) is 0.471. The first-order valence-corrected chi connectivity index (χ1v) is 7.31. The summed E-state index contributed by atoms with van der Waals surface area (Å²) >= 11 is 0. The molecule has 1 aromatic rings. The van der Waals surface area contributed by atoms with Gasteiger partial charge in [0.2, 0.25) is 5.91 Å². The summed E-state index contributed by atoms with van der Waals surface area (Å²) in [5, 5.41) is 3.05. The molecule has 1 saturated heterocycles. The first-order chi connectivity index (χ1) is 10.1. The molecule has 0 spiro atoms. The van der Waals surface area contributed by atoms with E-state index < -0.39 is 0 Å². The lowest BCUT2D eigenvalue weighted by molar-refractivity contribution is -0.125. The largest absolute Gasteiger partial charge is 0.378 e. The molecule has 4 nitrogen and oxygen atoms in total. The summed E-state index contributed by atoms with van der Waals surface area (Å²) in [5.41, 5.74) is 7.34. The van der Waals surface area contributed by atoms with Gasteiger partial charge < -0.3 is 15.8 Å². The van der Waals surface area contributed by atoms with Crippen LogP contribution in [0.1, 0.15) is 37.4 Å². The van der Waals surface area contributed by atoms with Crippen molar-refractivity contribution in [3.8, 4) is 11.8 Å². The Hall–Kier alpha value is -1.83. The van der Waals surface area contributed by atoms with Crippen LogP contribution >= 0.6 is 0 Å². The van der Waals surface area contributed by atoms with E-state index >= 15 is 0 Å².